The maximum Gasteiger partial charge on any atom is 0.413 e. The first-order chi connectivity index (χ1) is 10.2. The van der Waals surface area contributed by atoms with Crippen molar-refractivity contribution in [3.8, 4) is 11.5 Å². The molecule has 110 valence electrons. The van der Waals surface area contributed by atoms with E-state index in [2.05, 4.69) is 5.32 Å². The molecule has 0 aliphatic heterocycles. The molecule has 2 aromatic carbocycles. The maximum absolute atomic E-state index is 11.8. The van der Waals surface area contributed by atoms with E-state index in [1.54, 1.807) is 12.1 Å². The first-order valence-corrected chi connectivity index (χ1v) is 6.95. The topological polar surface area (TPSA) is 47.6 Å². The van der Waals surface area contributed by atoms with Crippen LogP contribution in [0.4, 0.5) is 4.79 Å². The molecule has 1 N–H and O–H groups in total. The summed E-state index contributed by atoms with van der Waals surface area (Å²) in [5, 5.41) is 2.79. The Hall–Kier alpha value is -2.49. The van der Waals surface area contributed by atoms with Crippen LogP contribution in [-0.2, 0) is 0 Å². The van der Waals surface area contributed by atoms with Crippen LogP contribution < -0.4 is 14.8 Å². The van der Waals surface area contributed by atoms with Crippen LogP contribution in [0.2, 0.25) is 0 Å². The van der Waals surface area contributed by atoms with Crippen LogP contribution in [0.15, 0.2) is 54.6 Å². The van der Waals surface area contributed by atoms with Gasteiger partial charge in [-0.2, -0.15) is 0 Å². The number of carbonyl (C=O) groups is 1. The van der Waals surface area contributed by atoms with Crippen molar-refractivity contribution >= 4 is 6.09 Å². The molecule has 0 aromatic heterocycles. The van der Waals surface area contributed by atoms with Crippen molar-refractivity contribution in [1.82, 2.24) is 5.32 Å². The second kappa shape index (κ2) is 7.33. The van der Waals surface area contributed by atoms with Crippen LogP contribution >= 0.6 is 0 Å². The molecular weight excluding hydrogens is 266 g/mol. The number of benzene rings is 2. The summed E-state index contributed by atoms with van der Waals surface area (Å²) in [6.45, 7) is 4.48. The lowest BCUT2D eigenvalue weighted by atomic mass is 10.1. The van der Waals surface area contributed by atoms with Crippen LogP contribution in [-0.4, -0.2) is 12.7 Å². The summed E-state index contributed by atoms with van der Waals surface area (Å²) in [6.07, 6.45) is -0.470. The van der Waals surface area contributed by atoms with E-state index in [1.807, 2.05) is 56.3 Å². The molecule has 2 aromatic rings. The molecule has 1 amide bonds. The Morgan fingerprint density at radius 2 is 1.71 bits per heavy atom. The van der Waals surface area contributed by atoms with Crippen LogP contribution in [0.1, 0.15) is 25.5 Å². The van der Waals surface area contributed by atoms with Gasteiger partial charge in [0.15, 0.2) is 0 Å². The Morgan fingerprint density at radius 1 is 1.05 bits per heavy atom. The highest BCUT2D eigenvalue weighted by Gasteiger charge is 2.11. The van der Waals surface area contributed by atoms with Gasteiger partial charge in [0.05, 0.1) is 12.6 Å². The molecule has 4 nitrogen and oxygen atoms in total. The standard InChI is InChI=1S/C17H19NO3/c1-3-20-15-11-9-14(10-12-15)13(2)18-17(19)21-16-7-5-4-6-8-16/h4-13H,3H2,1-2H3,(H,18,19). The molecule has 0 radical (unpaired) electrons. The number of hydrogen-bond donors (Lipinski definition) is 1. The van der Waals surface area contributed by atoms with Crippen LogP contribution in [0.3, 0.4) is 0 Å². The first-order valence-electron chi connectivity index (χ1n) is 6.95. The lowest BCUT2D eigenvalue weighted by Gasteiger charge is -2.14. The molecule has 0 spiro atoms. The van der Waals surface area contributed by atoms with E-state index in [0.29, 0.717) is 12.4 Å². The van der Waals surface area contributed by atoms with Crippen LogP contribution in [0.25, 0.3) is 0 Å². The molecule has 0 aliphatic rings. The summed E-state index contributed by atoms with van der Waals surface area (Å²) in [6, 6.07) is 16.5. The van der Waals surface area contributed by atoms with Gasteiger partial charge >= 0.3 is 6.09 Å². The van der Waals surface area contributed by atoms with E-state index in [4.69, 9.17) is 9.47 Å². The monoisotopic (exact) mass is 285 g/mol. The molecular formula is C17H19NO3. The lowest BCUT2D eigenvalue weighted by Crippen LogP contribution is -2.29. The summed E-state index contributed by atoms with van der Waals surface area (Å²) in [5.74, 6) is 1.34. The molecule has 0 saturated heterocycles. The fourth-order valence-electron chi connectivity index (χ4n) is 1.90. The van der Waals surface area contributed by atoms with Gasteiger partial charge in [0.1, 0.15) is 11.5 Å². The molecule has 0 aliphatic carbocycles. The van der Waals surface area contributed by atoms with Crippen molar-refractivity contribution in [2.45, 2.75) is 19.9 Å². The van der Waals surface area contributed by atoms with Gasteiger partial charge in [-0.25, -0.2) is 4.79 Å². The van der Waals surface area contributed by atoms with E-state index >= 15 is 0 Å². The largest absolute Gasteiger partial charge is 0.494 e. The fraction of sp³-hybridized carbons (Fsp3) is 0.235. The number of amides is 1. The predicted molar refractivity (Wildman–Crippen MR) is 81.6 cm³/mol. The second-order valence-electron chi connectivity index (χ2n) is 4.57. The Kier molecular flexibility index (Phi) is 5.21. The van der Waals surface area contributed by atoms with Crippen molar-refractivity contribution in [2.24, 2.45) is 0 Å². The normalized spacial score (nSPS) is 11.5. The van der Waals surface area contributed by atoms with E-state index < -0.39 is 6.09 Å². The minimum atomic E-state index is -0.470. The van der Waals surface area contributed by atoms with Gasteiger partial charge in [0.25, 0.3) is 0 Å². The third-order valence-corrected chi connectivity index (χ3v) is 2.98. The lowest BCUT2D eigenvalue weighted by molar-refractivity contribution is 0.197. The number of ether oxygens (including phenoxy) is 2. The Bertz CT molecular complexity index is 566. The van der Waals surface area contributed by atoms with Crippen LogP contribution in [0, 0.1) is 0 Å². The zero-order chi connectivity index (χ0) is 15.1. The molecule has 4 heteroatoms. The van der Waals surface area contributed by atoms with Gasteiger partial charge in [0, 0.05) is 0 Å². The summed E-state index contributed by atoms with van der Waals surface area (Å²) >= 11 is 0. The Balaban J connectivity index is 1.91. The summed E-state index contributed by atoms with van der Waals surface area (Å²) in [5.41, 5.74) is 0.989. The van der Waals surface area contributed by atoms with Gasteiger partial charge in [-0.1, -0.05) is 30.3 Å². The Labute approximate surface area is 124 Å². The van der Waals surface area contributed by atoms with Gasteiger partial charge in [-0.3, -0.25) is 0 Å². The smallest absolute Gasteiger partial charge is 0.413 e. The minimum Gasteiger partial charge on any atom is -0.494 e. The molecule has 1 unspecified atom stereocenters. The zero-order valence-corrected chi connectivity index (χ0v) is 12.2. The molecule has 2 rings (SSSR count). The predicted octanol–water partition coefficient (Wildman–Crippen LogP) is 3.93. The number of carbonyl (C=O) groups excluding carboxylic acids is 1. The van der Waals surface area contributed by atoms with Crippen molar-refractivity contribution < 1.29 is 14.3 Å². The van der Waals surface area contributed by atoms with Crippen LogP contribution in [0.5, 0.6) is 11.5 Å². The molecule has 0 saturated carbocycles. The maximum atomic E-state index is 11.8. The van der Waals surface area contributed by atoms with Gasteiger partial charge in [-0.05, 0) is 43.7 Å². The van der Waals surface area contributed by atoms with E-state index in [1.165, 1.54) is 0 Å². The second-order valence-corrected chi connectivity index (χ2v) is 4.57. The Morgan fingerprint density at radius 3 is 2.33 bits per heavy atom. The van der Waals surface area contributed by atoms with Gasteiger partial charge in [-0.15, -0.1) is 0 Å². The highest BCUT2D eigenvalue weighted by Crippen LogP contribution is 2.18. The van der Waals surface area contributed by atoms with Gasteiger partial charge < -0.3 is 14.8 Å². The van der Waals surface area contributed by atoms with Crippen molar-refractivity contribution in [2.75, 3.05) is 6.61 Å². The van der Waals surface area contributed by atoms with E-state index in [-0.39, 0.29) is 6.04 Å². The molecule has 0 fully saturated rings. The quantitative estimate of drug-likeness (QED) is 0.905. The number of para-hydroxylation sites is 1. The average molecular weight is 285 g/mol. The molecule has 1 atom stereocenters. The van der Waals surface area contributed by atoms with Gasteiger partial charge in [0.2, 0.25) is 0 Å². The van der Waals surface area contributed by atoms with Crippen molar-refractivity contribution in [3.05, 3.63) is 60.2 Å². The summed E-state index contributed by atoms with van der Waals surface area (Å²) in [7, 11) is 0. The molecule has 21 heavy (non-hydrogen) atoms. The third-order valence-electron chi connectivity index (χ3n) is 2.98. The average Bonchev–Trinajstić information content (AvgIpc) is 2.49. The van der Waals surface area contributed by atoms with Crippen molar-refractivity contribution in [1.29, 1.82) is 0 Å². The fourth-order valence-corrected chi connectivity index (χ4v) is 1.90. The SMILES string of the molecule is CCOc1ccc(C(C)NC(=O)Oc2ccccc2)cc1. The number of hydrogen-bond acceptors (Lipinski definition) is 3. The van der Waals surface area contributed by atoms with Crippen molar-refractivity contribution in [3.63, 3.8) is 0 Å². The highest BCUT2D eigenvalue weighted by molar-refractivity contribution is 5.70. The minimum absolute atomic E-state index is 0.142. The summed E-state index contributed by atoms with van der Waals surface area (Å²) < 4.78 is 10.6. The summed E-state index contributed by atoms with van der Waals surface area (Å²) in [4.78, 5) is 11.8. The van der Waals surface area contributed by atoms with E-state index in [0.717, 1.165) is 11.3 Å². The first kappa shape index (κ1) is 14.9. The molecule has 0 heterocycles. The number of nitrogens with one attached hydrogen (secondary N) is 1. The van der Waals surface area contributed by atoms with E-state index in [9.17, 15) is 4.79 Å². The number of rotatable bonds is 5. The molecule has 0 bridgehead atoms. The third kappa shape index (κ3) is 4.53. The highest BCUT2D eigenvalue weighted by atomic mass is 16.6. The zero-order valence-electron chi connectivity index (χ0n) is 12.2.